The van der Waals surface area contributed by atoms with Gasteiger partial charge in [0.05, 0.1) is 5.69 Å². The number of hydrogen-bond acceptors (Lipinski definition) is 4. The Hall–Kier alpha value is -1.99. The van der Waals surface area contributed by atoms with Gasteiger partial charge in [-0.1, -0.05) is 52.6 Å². The largest absolute Gasteiger partial charge is 0.300 e. The zero-order valence-electron chi connectivity index (χ0n) is 14.6. The first-order valence-corrected chi connectivity index (χ1v) is 10.4. The highest BCUT2D eigenvalue weighted by atomic mass is 35.5. The van der Waals surface area contributed by atoms with Crippen molar-refractivity contribution in [3.63, 3.8) is 0 Å². The first kappa shape index (κ1) is 19.3. The van der Waals surface area contributed by atoms with Crippen molar-refractivity contribution in [2.75, 3.05) is 0 Å². The summed E-state index contributed by atoms with van der Waals surface area (Å²) in [5.74, 6) is 0.552. The normalized spacial score (nSPS) is 11.3. The molecule has 2 aromatic heterocycles. The van der Waals surface area contributed by atoms with E-state index in [1.54, 1.807) is 41.1 Å². The summed E-state index contributed by atoms with van der Waals surface area (Å²) in [6, 6.07) is 10.7. The first-order valence-electron chi connectivity index (χ1n) is 8.24. The molecule has 0 aliphatic rings. The molecule has 5 nitrogen and oxygen atoms in total. The highest BCUT2D eigenvalue weighted by Gasteiger charge is 2.14. The van der Waals surface area contributed by atoms with E-state index in [1.807, 2.05) is 19.1 Å². The summed E-state index contributed by atoms with van der Waals surface area (Å²) in [5.41, 5.74) is 2.39. The molecule has 0 N–H and O–H groups in total. The van der Waals surface area contributed by atoms with Gasteiger partial charge in [-0.2, -0.15) is 0 Å². The molecule has 0 saturated heterocycles. The summed E-state index contributed by atoms with van der Waals surface area (Å²) >= 11 is 19.9. The fraction of sp³-hybridized carbons (Fsp3) is 0.105. The van der Waals surface area contributed by atoms with Gasteiger partial charge in [-0.3, -0.25) is 13.8 Å². The molecular weight excluding hydrogens is 439 g/mol. The third kappa shape index (κ3) is 3.53. The molecule has 4 rings (SSSR count). The summed E-state index contributed by atoms with van der Waals surface area (Å²) in [7, 11) is 0. The predicted molar refractivity (Wildman–Crippen MR) is 114 cm³/mol. The maximum absolute atomic E-state index is 12.9. The van der Waals surface area contributed by atoms with Crippen molar-refractivity contribution >= 4 is 52.2 Å². The minimum absolute atomic E-state index is 0.238. The topological polar surface area (TPSA) is 52.2 Å². The average molecular weight is 452 g/mol. The summed E-state index contributed by atoms with van der Waals surface area (Å²) < 4.78 is 3.19. The number of nitrogens with zero attached hydrogens (tertiary/aromatic N) is 4. The van der Waals surface area contributed by atoms with E-state index >= 15 is 0 Å². The standard InChI is InChI=1S/C19H13Cl3N4OS/c1-11-14(21)3-2-4-16(11)25-7-8-26-17(18(25)27)23-24-19(26)28-10-12-9-13(20)5-6-15(12)22/h2-9H,10H2,1H3. The highest BCUT2D eigenvalue weighted by Crippen LogP contribution is 2.28. The fourth-order valence-electron chi connectivity index (χ4n) is 2.81. The van der Waals surface area contributed by atoms with Crippen LogP contribution in [0.25, 0.3) is 11.3 Å². The van der Waals surface area contributed by atoms with Gasteiger partial charge in [0.15, 0.2) is 5.16 Å². The first-order chi connectivity index (χ1) is 13.5. The molecule has 0 aliphatic carbocycles. The smallest absolute Gasteiger partial charge is 0.279 e. The van der Waals surface area contributed by atoms with Gasteiger partial charge in [-0.25, -0.2) is 0 Å². The van der Waals surface area contributed by atoms with Crippen molar-refractivity contribution in [2.45, 2.75) is 17.8 Å². The summed E-state index contributed by atoms with van der Waals surface area (Å²) in [5, 5.41) is 10.7. The van der Waals surface area contributed by atoms with E-state index in [2.05, 4.69) is 10.2 Å². The van der Waals surface area contributed by atoms with Gasteiger partial charge in [0.2, 0.25) is 5.65 Å². The molecule has 0 saturated carbocycles. The molecule has 0 amide bonds. The number of halogens is 3. The van der Waals surface area contributed by atoms with E-state index in [0.29, 0.717) is 31.7 Å². The van der Waals surface area contributed by atoms with Crippen LogP contribution in [0.3, 0.4) is 0 Å². The Morgan fingerprint density at radius 1 is 1.04 bits per heavy atom. The maximum Gasteiger partial charge on any atom is 0.300 e. The molecule has 4 aromatic rings. The van der Waals surface area contributed by atoms with Crippen LogP contribution < -0.4 is 5.56 Å². The molecule has 0 bridgehead atoms. The van der Waals surface area contributed by atoms with Gasteiger partial charge in [0, 0.05) is 33.2 Å². The van der Waals surface area contributed by atoms with Crippen LogP contribution in [0, 0.1) is 6.92 Å². The lowest BCUT2D eigenvalue weighted by Gasteiger charge is -2.10. The SMILES string of the molecule is Cc1c(Cl)cccc1-n1ccn2c(SCc3cc(Cl)ccc3Cl)nnc2c1=O. The van der Waals surface area contributed by atoms with E-state index in [1.165, 1.54) is 16.3 Å². The summed E-state index contributed by atoms with van der Waals surface area (Å²) in [4.78, 5) is 12.9. The van der Waals surface area contributed by atoms with E-state index in [0.717, 1.165) is 11.1 Å². The third-order valence-corrected chi connectivity index (χ3v) is 6.31. The molecule has 9 heteroatoms. The molecule has 2 heterocycles. The number of benzene rings is 2. The zero-order valence-corrected chi connectivity index (χ0v) is 17.6. The van der Waals surface area contributed by atoms with Gasteiger partial charge in [-0.15, -0.1) is 10.2 Å². The van der Waals surface area contributed by atoms with Gasteiger partial charge < -0.3 is 0 Å². The number of rotatable bonds is 4. The average Bonchev–Trinajstić information content (AvgIpc) is 3.09. The van der Waals surface area contributed by atoms with Gasteiger partial charge in [0.1, 0.15) is 0 Å². The number of aromatic nitrogens is 4. The maximum atomic E-state index is 12.9. The van der Waals surface area contributed by atoms with E-state index in [-0.39, 0.29) is 11.2 Å². The molecule has 0 aliphatic heterocycles. The van der Waals surface area contributed by atoms with Crippen LogP contribution in [0.2, 0.25) is 15.1 Å². The molecule has 2 aromatic carbocycles. The molecule has 0 radical (unpaired) electrons. The highest BCUT2D eigenvalue weighted by molar-refractivity contribution is 7.98. The van der Waals surface area contributed by atoms with Crippen molar-refractivity contribution in [1.29, 1.82) is 0 Å². The monoisotopic (exact) mass is 450 g/mol. The lowest BCUT2D eigenvalue weighted by Crippen LogP contribution is -2.21. The Morgan fingerprint density at radius 2 is 1.86 bits per heavy atom. The minimum Gasteiger partial charge on any atom is -0.279 e. The molecule has 142 valence electrons. The predicted octanol–water partition coefficient (Wildman–Crippen LogP) is 5.44. The van der Waals surface area contributed by atoms with E-state index in [4.69, 9.17) is 34.8 Å². The summed E-state index contributed by atoms with van der Waals surface area (Å²) in [6.45, 7) is 1.87. The Kier molecular flexibility index (Phi) is 5.38. The van der Waals surface area contributed by atoms with Crippen molar-refractivity contribution in [1.82, 2.24) is 19.2 Å². The number of thioether (sulfide) groups is 1. The number of hydrogen-bond donors (Lipinski definition) is 0. The minimum atomic E-state index is -0.270. The van der Waals surface area contributed by atoms with Crippen LogP contribution in [0.4, 0.5) is 0 Å². The Labute approximate surface area is 179 Å². The van der Waals surface area contributed by atoms with Crippen LogP contribution in [0.15, 0.2) is 58.7 Å². The Bertz CT molecular complexity index is 1250. The van der Waals surface area contributed by atoms with Crippen molar-refractivity contribution in [2.24, 2.45) is 0 Å². The van der Waals surface area contributed by atoms with Crippen LogP contribution in [-0.2, 0) is 5.75 Å². The Morgan fingerprint density at radius 3 is 2.68 bits per heavy atom. The van der Waals surface area contributed by atoms with Gasteiger partial charge in [-0.05, 0) is 48.4 Å². The van der Waals surface area contributed by atoms with Gasteiger partial charge >= 0.3 is 5.56 Å². The molecule has 0 fully saturated rings. The van der Waals surface area contributed by atoms with Crippen molar-refractivity contribution < 1.29 is 0 Å². The third-order valence-electron chi connectivity index (χ3n) is 4.30. The van der Waals surface area contributed by atoms with Crippen molar-refractivity contribution in [3.05, 3.63) is 85.3 Å². The number of fused-ring (bicyclic) bond motifs is 1. The zero-order chi connectivity index (χ0) is 19.8. The fourth-order valence-corrected chi connectivity index (χ4v) is 4.34. The molecule has 28 heavy (non-hydrogen) atoms. The lowest BCUT2D eigenvalue weighted by molar-refractivity contribution is 0.890. The van der Waals surface area contributed by atoms with Gasteiger partial charge in [0.25, 0.3) is 0 Å². The van der Waals surface area contributed by atoms with Crippen LogP contribution in [0.5, 0.6) is 0 Å². The van der Waals surface area contributed by atoms with Crippen LogP contribution in [0.1, 0.15) is 11.1 Å². The molecular formula is C19H13Cl3N4OS. The van der Waals surface area contributed by atoms with E-state index in [9.17, 15) is 4.79 Å². The van der Waals surface area contributed by atoms with Crippen molar-refractivity contribution in [3.8, 4) is 5.69 Å². The molecule has 0 atom stereocenters. The van der Waals surface area contributed by atoms with Crippen LogP contribution >= 0.6 is 46.6 Å². The molecule has 0 spiro atoms. The quantitative estimate of drug-likeness (QED) is 0.388. The molecule has 0 unspecified atom stereocenters. The second-order valence-corrected chi connectivity index (χ2v) is 8.25. The van der Waals surface area contributed by atoms with Crippen LogP contribution in [-0.4, -0.2) is 19.2 Å². The van der Waals surface area contributed by atoms with E-state index < -0.39 is 0 Å². The lowest BCUT2D eigenvalue weighted by atomic mass is 10.2. The summed E-state index contributed by atoms with van der Waals surface area (Å²) in [6.07, 6.45) is 3.45. The second kappa shape index (κ2) is 7.79. The Balaban J connectivity index is 1.70. The second-order valence-electron chi connectivity index (χ2n) is 6.06.